The Hall–Kier alpha value is -2.12. The standard InChI is InChI=1S/C18H13F8/c1-9-6-11(3)15(13-5-4-12(19)8-10(13)2)14(7-9)16(20,17(21,22)23)18(24,25)26/h4-5,7-8H,1-3H3. The van der Waals surface area contributed by atoms with Crippen molar-refractivity contribution in [3.8, 4) is 11.1 Å². The number of rotatable bonds is 2. The molecule has 0 saturated carbocycles. The molecule has 0 saturated heterocycles. The number of hydrogen-bond donors (Lipinski definition) is 0. The second-order valence-corrected chi connectivity index (χ2v) is 5.98. The quantitative estimate of drug-likeness (QED) is 0.521. The fourth-order valence-electron chi connectivity index (χ4n) is 2.88. The molecule has 0 aliphatic rings. The molecule has 2 aromatic carbocycles. The van der Waals surface area contributed by atoms with Gasteiger partial charge in [-0.15, -0.1) is 0 Å². The van der Waals surface area contributed by atoms with E-state index in [1.807, 2.05) is 0 Å². The predicted molar refractivity (Wildman–Crippen MR) is 79.8 cm³/mol. The lowest BCUT2D eigenvalue weighted by Gasteiger charge is -2.33. The zero-order valence-corrected chi connectivity index (χ0v) is 13.8. The molecule has 2 rings (SSSR count). The van der Waals surface area contributed by atoms with Crippen LogP contribution in [-0.2, 0) is 5.67 Å². The Bertz CT molecular complexity index is 816. The van der Waals surface area contributed by atoms with Gasteiger partial charge in [-0.1, -0.05) is 12.1 Å². The lowest BCUT2D eigenvalue weighted by Crippen LogP contribution is -2.50. The first-order valence-electron chi connectivity index (χ1n) is 7.33. The highest BCUT2D eigenvalue weighted by Gasteiger charge is 2.74. The average Bonchev–Trinajstić information content (AvgIpc) is 2.44. The van der Waals surface area contributed by atoms with Gasteiger partial charge in [-0.25, -0.2) is 8.78 Å². The van der Waals surface area contributed by atoms with Gasteiger partial charge in [-0.2, -0.15) is 26.3 Å². The minimum atomic E-state index is -6.24. The summed E-state index contributed by atoms with van der Waals surface area (Å²) in [5.74, 6) is -0.723. The minimum Gasteiger partial charge on any atom is -0.218 e. The fourth-order valence-corrected chi connectivity index (χ4v) is 2.88. The molecule has 141 valence electrons. The molecule has 1 radical (unpaired) electrons. The summed E-state index contributed by atoms with van der Waals surface area (Å²) in [7, 11) is 0. The minimum absolute atomic E-state index is 0.0679. The molecule has 0 atom stereocenters. The number of halogens is 8. The fraction of sp³-hybridized carbons (Fsp3) is 0.333. The van der Waals surface area contributed by atoms with Crippen LogP contribution in [0.5, 0.6) is 0 Å². The molecule has 0 heterocycles. The van der Waals surface area contributed by atoms with Crippen LogP contribution in [0.2, 0.25) is 0 Å². The van der Waals surface area contributed by atoms with Gasteiger partial charge < -0.3 is 0 Å². The van der Waals surface area contributed by atoms with Crippen molar-refractivity contribution in [2.75, 3.05) is 0 Å². The van der Waals surface area contributed by atoms with E-state index in [1.54, 1.807) is 0 Å². The molecule has 26 heavy (non-hydrogen) atoms. The Balaban J connectivity index is 2.97. The third kappa shape index (κ3) is 3.17. The molecule has 0 fully saturated rings. The van der Waals surface area contributed by atoms with Gasteiger partial charge in [0.2, 0.25) is 0 Å². The van der Waals surface area contributed by atoms with Crippen LogP contribution in [0.15, 0.2) is 24.3 Å². The van der Waals surface area contributed by atoms with Crippen molar-refractivity contribution in [2.24, 2.45) is 0 Å². The second kappa shape index (κ2) is 6.25. The maximum absolute atomic E-state index is 14.7. The van der Waals surface area contributed by atoms with Crippen LogP contribution in [0.25, 0.3) is 11.1 Å². The Kier molecular flexibility index (Phi) is 4.85. The van der Waals surface area contributed by atoms with Gasteiger partial charge in [0.25, 0.3) is 0 Å². The van der Waals surface area contributed by atoms with Gasteiger partial charge in [0.05, 0.1) is 0 Å². The molecule has 0 N–H and O–H groups in total. The van der Waals surface area contributed by atoms with Crippen LogP contribution in [-0.4, -0.2) is 12.4 Å². The Morgan fingerprint density at radius 3 is 1.81 bits per heavy atom. The van der Waals surface area contributed by atoms with Crippen molar-refractivity contribution < 1.29 is 35.1 Å². The summed E-state index contributed by atoms with van der Waals surface area (Å²) in [4.78, 5) is 0. The number of alkyl halides is 7. The molecular weight excluding hydrogens is 368 g/mol. The van der Waals surface area contributed by atoms with Gasteiger partial charge in [-0.05, 0) is 66.8 Å². The van der Waals surface area contributed by atoms with Crippen LogP contribution in [0.4, 0.5) is 35.1 Å². The van der Waals surface area contributed by atoms with Crippen LogP contribution in [0.3, 0.4) is 0 Å². The predicted octanol–water partition coefficient (Wildman–Crippen LogP) is 6.51. The first-order chi connectivity index (χ1) is 11.7. The van der Waals surface area contributed by atoms with Crippen molar-refractivity contribution in [3.63, 3.8) is 0 Å². The van der Waals surface area contributed by atoms with Crippen LogP contribution in [0, 0.1) is 32.7 Å². The highest BCUT2D eigenvalue weighted by molar-refractivity contribution is 5.75. The van der Waals surface area contributed by atoms with Gasteiger partial charge in [0, 0.05) is 5.56 Å². The van der Waals surface area contributed by atoms with E-state index in [1.165, 1.54) is 20.8 Å². The molecule has 0 amide bonds. The summed E-state index contributed by atoms with van der Waals surface area (Å²) in [6.45, 7) is 3.75. The molecule has 0 aromatic heterocycles. The van der Waals surface area contributed by atoms with E-state index in [0.717, 1.165) is 18.2 Å². The molecular formula is C18H13F8. The zero-order valence-electron chi connectivity index (χ0n) is 13.8. The summed E-state index contributed by atoms with van der Waals surface area (Å²) in [6.07, 6.45) is -12.5. The molecule has 2 aromatic rings. The van der Waals surface area contributed by atoms with E-state index in [-0.39, 0.29) is 22.3 Å². The van der Waals surface area contributed by atoms with E-state index >= 15 is 0 Å². The van der Waals surface area contributed by atoms with Crippen LogP contribution >= 0.6 is 0 Å². The summed E-state index contributed by atoms with van der Waals surface area (Å²) >= 11 is 0. The average molecular weight is 381 g/mol. The molecule has 0 aliphatic heterocycles. The van der Waals surface area contributed by atoms with E-state index in [0.29, 0.717) is 6.07 Å². The van der Waals surface area contributed by atoms with E-state index in [2.05, 4.69) is 6.07 Å². The van der Waals surface area contributed by atoms with E-state index in [4.69, 9.17) is 0 Å². The zero-order chi connectivity index (χ0) is 20.1. The smallest absolute Gasteiger partial charge is 0.218 e. The molecule has 0 aliphatic carbocycles. The summed E-state index contributed by atoms with van der Waals surface area (Å²) in [6, 6.07) is 5.92. The summed E-state index contributed by atoms with van der Waals surface area (Å²) in [5, 5.41) is 0. The molecule has 0 spiro atoms. The third-order valence-corrected chi connectivity index (χ3v) is 4.00. The van der Waals surface area contributed by atoms with Gasteiger partial charge in [0.15, 0.2) is 0 Å². The molecule has 0 bridgehead atoms. The van der Waals surface area contributed by atoms with E-state index < -0.39 is 35.0 Å². The van der Waals surface area contributed by atoms with Crippen molar-refractivity contribution in [3.05, 3.63) is 58.4 Å². The lowest BCUT2D eigenvalue weighted by molar-refractivity contribution is -0.348. The molecule has 0 nitrogen and oxygen atoms in total. The summed E-state index contributed by atoms with van der Waals surface area (Å²) < 4.78 is 107. The van der Waals surface area contributed by atoms with Crippen LogP contribution in [0.1, 0.15) is 22.3 Å². The lowest BCUT2D eigenvalue weighted by atomic mass is 9.82. The van der Waals surface area contributed by atoms with Gasteiger partial charge in [0.1, 0.15) is 5.82 Å². The van der Waals surface area contributed by atoms with Crippen molar-refractivity contribution in [1.29, 1.82) is 0 Å². The third-order valence-electron chi connectivity index (χ3n) is 4.00. The summed E-state index contributed by atoms with van der Waals surface area (Å²) in [5.41, 5.74) is -8.03. The largest absolute Gasteiger partial charge is 0.435 e. The maximum atomic E-state index is 14.7. The number of benzene rings is 2. The number of hydrogen-bond acceptors (Lipinski definition) is 0. The SMILES string of the molecule is Cc1[c]c(C)c(-c2ccc(F)cc2C)c(C(F)(C(F)(F)F)C(F)(F)F)c1. The maximum Gasteiger partial charge on any atom is 0.435 e. The van der Waals surface area contributed by atoms with Crippen molar-refractivity contribution in [2.45, 2.75) is 38.8 Å². The number of aryl methyl sites for hydroxylation is 3. The van der Waals surface area contributed by atoms with Crippen LogP contribution < -0.4 is 0 Å². The van der Waals surface area contributed by atoms with Gasteiger partial charge in [-0.3, -0.25) is 0 Å². The first-order valence-corrected chi connectivity index (χ1v) is 7.33. The highest BCUT2D eigenvalue weighted by Crippen LogP contribution is 2.56. The normalized spacial score (nSPS) is 13.2. The molecule has 0 unspecified atom stereocenters. The highest BCUT2D eigenvalue weighted by atomic mass is 19.4. The van der Waals surface area contributed by atoms with Crippen molar-refractivity contribution >= 4 is 0 Å². The van der Waals surface area contributed by atoms with E-state index in [9.17, 15) is 35.1 Å². The Morgan fingerprint density at radius 2 is 1.35 bits per heavy atom. The van der Waals surface area contributed by atoms with Crippen molar-refractivity contribution in [1.82, 2.24) is 0 Å². The molecule has 8 heteroatoms. The topological polar surface area (TPSA) is 0 Å². The Labute approximate surface area is 144 Å². The Morgan fingerprint density at radius 1 is 0.808 bits per heavy atom. The first kappa shape index (κ1) is 20.2. The second-order valence-electron chi connectivity index (χ2n) is 5.98. The monoisotopic (exact) mass is 381 g/mol. The van der Waals surface area contributed by atoms with Gasteiger partial charge >= 0.3 is 18.0 Å².